The minimum absolute atomic E-state index is 0.195. The summed E-state index contributed by atoms with van der Waals surface area (Å²) in [5.74, 6) is 5.84. The van der Waals surface area contributed by atoms with Crippen molar-refractivity contribution in [1.29, 1.82) is 0 Å². The van der Waals surface area contributed by atoms with E-state index in [1.165, 1.54) is 12.8 Å². The van der Waals surface area contributed by atoms with Crippen LogP contribution in [-0.4, -0.2) is 18.8 Å². The van der Waals surface area contributed by atoms with Gasteiger partial charge in [0.2, 0.25) is 0 Å². The molecule has 2 heteroatoms. The van der Waals surface area contributed by atoms with Crippen LogP contribution >= 0.6 is 0 Å². The summed E-state index contributed by atoms with van der Waals surface area (Å²) in [4.78, 5) is 0. The molecule has 0 aromatic heterocycles. The van der Waals surface area contributed by atoms with E-state index in [1.807, 2.05) is 6.92 Å². The Bertz CT molecular complexity index is 174. The lowest BCUT2D eigenvalue weighted by molar-refractivity contribution is 0.0987. The molecule has 0 radical (unpaired) electrons. The Morgan fingerprint density at radius 3 is 3.08 bits per heavy atom. The lowest BCUT2D eigenvalue weighted by atomic mass is 10.1. The zero-order chi connectivity index (χ0) is 8.81. The Labute approximate surface area is 74.5 Å². The molecule has 0 aromatic carbocycles. The van der Waals surface area contributed by atoms with Crippen LogP contribution in [0.25, 0.3) is 0 Å². The Balaban J connectivity index is 2.14. The molecule has 0 aromatic rings. The third kappa shape index (κ3) is 3.25. The topological polar surface area (TPSA) is 35.2 Å². The second-order valence-electron chi connectivity index (χ2n) is 3.26. The normalized spacial score (nSPS) is 24.7. The molecule has 2 nitrogen and oxygen atoms in total. The highest BCUT2D eigenvalue weighted by molar-refractivity contribution is 4.97. The van der Waals surface area contributed by atoms with Crippen LogP contribution in [0.1, 0.15) is 32.6 Å². The minimum Gasteiger partial charge on any atom is -0.378 e. The summed E-state index contributed by atoms with van der Waals surface area (Å²) in [7, 11) is 0. The quantitative estimate of drug-likeness (QED) is 0.643. The summed E-state index contributed by atoms with van der Waals surface area (Å²) in [5.41, 5.74) is 5.86. The molecule has 0 bridgehead atoms. The van der Waals surface area contributed by atoms with Crippen LogP contribution in [0.3, 0.4) is 0 Å². The predicted molar refractivity (Wildman–Crippen MR) is 49.6 cm³/mol. The highest BCUT2D eigenvalue weighted by atomic mass is 16.5. The lowest BCUT2D eigenvalue weighted by Gasteiger charge is -2.13. The molecule has 0 aliphatic carbocycles. The SMILES string of the molecule is CC#CCC(N)CC1CCCO1. The van der Waals surface area contributed by atoms with E-state index in [4.69, 9.17) is 10.5 Å². The van der Waals surface area contributed by atoms with Gasteiger partial charge in [-0.2, -0.15) is 0 Å². The maximum atomic E-state index is 5.86. The van der Waals surface area contributed by atoms with E-state index < -0.39 is 0 Å². The van der Waals surface area contributed by atoms with Gasteiger partial charge in [-0.25, -0.2) is 0 Å². The average molecular weight is 167 g/mol. The van der Waals surface area contributed by atoms with Crippen molar-refractivity contribution in [2.45, 2.75) is 44.8 Å². The van der Waals surface area contributed by atoms with Gasteiger partial charge >= 0.3 is 0 Å². The van der Waals surface area contributed by atoms with E-state index in [1.54, 1.807) is 0 Å². The van der Waals surface area contributed by atoms with Gasteiger partial charge < -0.3 is 10.5 Å². The van der Waals surface area contributed by atoms with Gasteiger partial charge in [-0.05, 0) is 26.2 Å². The Hall–Kier alpha value is -0.520. The van der Waals surface area contributed by atoms with E-state index in [0.29, 0.717) is 6.10 Å². The van der Waals surface area contributed by atoms with Gasteiger partial charge in [0.05, 0.1) is 6.10 Å². The summed E-state index contributed by atoms with van der Waals surface area (Å²) in [6.07, 6.45) is 4.54. The molecule has 2 atom stereocenters. The summed E-state index contributed by atoms with van der Waals surface area (Å²) in [6, 6.07) is 0.195. The fourth-order valence-corrected chi connectivity index (χ4v) is 1.48. The van der Waals surface area contributed by atoms with Gasteiger partial charge in [0.15, 0.2) is 0 Å². The lowest BCUT2D eigenvalue weighted by Crippen LogP contribution is -2.25. The molecular weight excluding hydrogens is 150 g/mol. The Kier molecular flexibility index (Phi) is 4.13. The molecule has 12 heavy (non-hydrogen) atoms. The average Bonchev–Trinajstić information content (AvgIpc) is 2.53. The summed E-state index contributed by atoms with van der Waals surface area (Å²) < 4.78 is 5.48. The van der Waals surface area contributed by atoms with Crippen LogP contribution in [0.5, 0.6) is 0 Å². The van der Waals surface area contributed by atoms with Crippen molar-refractivity contribution in [2.75, 3.05) is 6.61 Å². The first-order valence-electron chi connectivity index (χ1n) is 4.59. The van der Waals surface area contributed by atoms with E-state index in [9.17, 15) is 0 Å². The second kappa shape index (κ2) is 5.18. The summed E-state index contributed by atoms with van der Waals surface area (Å²) in [6.45, 7) is 2.76. The zero-order valence-electron chi connectivity index (χ0n) is 7.68. The van der Waals surface area contributed by atoms with Crippen molar-refractivity contribution in [3.8, 4) is 11.8 Å². The Morgan fingerprint density at radius 1 is 1.67 bits per heavy atom. The predicted octanol–water partition coefficient (Wildman–Crippen LogP) is 1.30. The van der Waals surface area contributed by atoms with Crippen LogP contribution in [-0.2, 0) is 4.74 Å². The largest absolute Gasteiger partial charge is 0.378 e. The molecule has 1 saturated heterocycles. The fraction of sp³-hybridized carbons (Fsp3) is 0.800. The maximum absolute atomic E-state index is 5.86. The molecule has 68 valence electrons. The van der Waals surface area contributed by atoms with Crippen molar-refractivity contribution in [3.63, 3.8) is 0 Å². The number of ether oxygens (including phenoxy) is 1. The van der Waals surface area contributed by atoms with Crippen molar-refractivity contribution in [3.05, 3.63) is 0 Å². The van der Waals surface area contributed by atoms with Gasteiger partial charge in [-0.1, -0.05) is 0 Å². The Morgan fingerprint density at radius 2 is 2.50 bits per heavy atom. The van der Waals surface area contributed by atoms with Crippen LogP contribution in [0, 0.1) is 11.8 Å². The first-order valence-corrected chi connectivity index (χ1v) is 4.59. The van der Waals surface area contributed by atoms with Crippen molar-refractivity contribution < 1.29 is 4.74 Å². The molecule has 1 heterocycles. The number of rotatable bonds is 3. The third-order valence-electron chi connectivity index (χ3n) is 2.13. The zero-order valence-corrected chi connectivity index (χ0v) is 7.68. The third-order valence-corrected chi connectivity index (χ3v) is 2.13. The van der Waals surface area contributed by atoms with Gasteiger partial charge in [-0.3, -0.25) is 0 Å². The van der Waals surface area contributed by atoms with Crippen LogP contribution in [0.4, 0.5) is 0 Å². The molecule has 1 aliphatic rings. The van der Waals surface area contributed by atoms with Gasteiger partial charge in [0.1, 0.15) is 0 Å². The first kappa shape index (κ1) is 9.57. The van der Waals surface area contributed by atoms with Gasteiger partial charge in [0.25, 0.3) is 0 Å². The van der Waals surface area contributed by atoms with E-state index in [2.05, 4.69) is 11.8 Å². The second-order valence-corrected chi connectivity index (χ2v) is 3.26. The first-order chi connectivity index (χ1) is 5.83. The summed E-state index contributed by atoms with van der Waals surface area (Å²) >= 11 is 0. The van der Waals surface area contributed by atoms with Crippen molar-refractivity contribution >= 4 is 0 Å². The van der Waals surface area contributed by atoms with E-state index >= 15 is 0 Å². The summed E-state index contributed by atoms with van der Waals surface area (Å²) in [5, 5.41) is 0. The number of hydrogen-bond acceptors (Lipinski definition) is 2. The molecule has 1 rings (SSSR count). The minimum atomic E-state index is 0.195. The molecule has 1 aliphatic heterocycles. The standard InChI is InChI=1S/C10H17NO/c1-2-3-5-9(11)8-10-6-4-7-12-10/h9-10H,4-8,11H2,1H3. The van der Waals surface area contributed by atoms with Gasteiger partial charge in [-0.15, -0.1) is 11.8 Å². The number of hydrogen-bond donors (Lipinski definition) is 1. The van der Waals surface area contributed by atoms with Crippen LogP contribution in [0.15, 0.2) is 0 Å². The van der Waals surface area contributed by atoms with Crippen molar-refractivity contribution in [2.24, 2.45) is 5.73 Å². The highest BCUT2D eigenvalue weighted by Crippen LogP contribution is 2.16. The van der Waals surface area contributed by atoms with E-state index in [-0.39, 0.29) is 6.04 Å². The van der Waals surface area contributed by atoms with Crippen LogP contribution < -0.4 is 5.73 Å². The van der Waals surface area contributed by atoms with Gasteiger partial charge in [0, 0.05) is 19.1 Å². The molecule has 1 fully saturated rings. The van der Waals surface area contributed by atoms with Crippen molar-refractivity contribution in [1.82, 2.24) is 0 Å². The van der Waals surface area contributed by atoms with E-state index in [0.717, 1.165) is 19.4 Å². The molecule has 2 N–H and O–H groups in total. The maximum Gasteiger partial charge on any atom is 0.0591 e. The fourth-order valence-electron chi connectivity index (χ4n) is 1.48. The number of nitrogens with two attached hydrogens (primary N) is 1. The smallest absolute Gasteiger partial charge is 0.0591 e. The van der Waals surface area contributed by atoms with Crippen LogP contribution in [0.2, 0.25) is 0 Å². The molecule has 0 spiro atoms. The molecule has 0 amide bonds. The monoisotopic (exact) mass is 167 g/mol. The highest BCUT2D eigenvalue weighted by Gasteiger charge is 2.17. The molecule has 2 unspecified atom stereocenters. The molecule has 0 saturated carbocycles. The molecular formula is C10H17NO.